The lowest BCUT2D eigenvalue weighted by Crippen LogP contribution is -2.33. The highest BCUT2D eigenvalue weighted by Gasteiger charge is 2.61. The van der Waals surface area contributed by atoms with Crippen molar-refractivity contribution in [2.45, 2.75) is 35.5 Å². The van der Waals surface area contributed by atoms with Crippen LogP contribution in [0.15, 0.2) is 20.9 Å². The second kappa shape index (κ2) is 9.98. The average Bonchev–Trinajstić information content (AvgIpc) is 3.04. The Morgan fingerprint density at radius 1 is 1.39 bits per heavy atom. The summed E-state index contributed by atoms with van der Waals surface area (Å²) in [7, 11) is -17.0. The van der Waals surface area contributed by atoms with E-state index in [1.807, 2.05) is 0 Å². The van der Waals surface area contributed by atoms with Gasteiger partial charge < -0.3 is 28.5 Å². The molecule has 2 heterocycles. The molecule has 0 bridgehead atoms. The molecule has 0 aliphatic carbocycles. The van der Waals surface area contributed by atoms with Crippen LogP contribution in [-0.2, 0) is 27.3 Å². The van der Waals surface area contributed by atoms with Gasteiger partial charge in [0.25, 0.3) is 5.56 Å². The van der Waals surface area contributed by atoms with Gasteiger partial charge in [-0.05, 0) is 12.5 Å². The van der Waals surface area contributed by atoms with E-state index in [-0.39, 0.29) is 12.0 Å². The molecule has 4 N–H and O–H groups in total. The van der Waals surface area contributed by atoms with Crippen LogP contribution in [0.4, 0.5) is 0 Å². The molecule has 186 valence electrons. The van der Waals surface area contributed by atoms with E-state index in [4.69, 9.17) is 47.8 Å². The number of H-pyrrole nitrogens is 1. The van der Waals surface area contributed by atoms with Gasteiger partial charge in [-0.1, -0.05) is 28.3 Å². The van der Waals surface area contributed by atoms with Gasteiger partial charge in [0.2, 0.25) is 0 Å². The number of hydrogen-bond acceptors (Lipinski definition) is 9. The first-order chi connectivity index (χ1) is 14.9. The summed E-state index contributed by atoms with van der Waals surface area (Å²) in [5.41, 5.74) is 7.60. The maximum atomic E-state index is 12.6. The first kappa shape index (κ1) is 28.3. The van der Waals surface area contributed by atoms with Gasteiger partial charge in [0.1, 0.15) is 6.23 Å². The number of alkyl halides is 2. The Bertz CT molecular complexity index is 1230. The topological polar surface area (TPSA) is 243 Å². The highest BCUT2D eigenvalue weighted by Crippen LogP contribution is 2.79. The van der Waals surface area contributed by atoms with Crippen LogP contribution in [0.3, 0.4) is 0 Å². The van der Waals surface area contributed by atoms with E-state index in [0.29, 0.717) is 0 Å². The third kappa shape index (κ3) is 6.40. The van der Waals surface area contributed by atoms with E-state index < -0.39 is 70.3 Å². The summed E-state index contributed by atoms with van der Waals surface area (Å²) in [4.78, 5) is 56.4. The number of azide groups is 1. The summed E-state index contributed by atoms with van der Waals surface area (Å²) in [5, 5.41) is 3.53. The van der Waals surface area contributed by atoms with E-state index in [2.05, 4.69) is 19.3 Å². The number of aryl methyl sites for hydroxylation is 1. The summed E-state index contributed by atoms with van der Waals surface area (Å²) in [6.45, 7) is 0.846. The van der Waals surface area contributed by atoms with Gasteiger partial charge >= 0.3 is 24.7 Å². The van der Waals surface area contributed by atoms with E-state index >= 15 is 0 Å². The van der Waals surface area contributed by atoms with Crippen LogP contribution in [-0.4, -0.2) is 54.4 Å². The number of nitrogens with one attached hydrogen (secondary N) is 1. The zero-order valence-electron chi connectivity index (χ0n) is 15.7. The molecule has 22 heteroatoms. The van der Waals surface area contributed by atoms with Crippen LogP contribution < -0.4 is 11.2 Å². The maximum absolute atomic E-state index is 12.6. The molecule has 16 nitrogen and oxygen atoms in total. The lowest BCUT2D eigenvalue weighted by molar-refractivity contribution is -0.0230. The smallest absolute Gasteiger partial charge is 0.352 e. The van der Waals surface area contributed by atoms with Crippen molar-refractivity contribution in [1.29, 1.82) is 0 Å². The number of halogens is 2. The van der Waals surface area contributed by atoms with Crippen LogP contribution in [0.2, 0.25) is 0 Å². The summed E-state index contributed by atoms with van der Waals surface area (Å²) >= 11 is 10.6. The number of aromatic nitrogens is 2. The number of nitrogens with zero attached hydrogens (tertiary/aromatic N) is 4. The summed E-state index contributed by atoms with van der Waals surface area (Å²) in [5.74, 6) is 0. The van der Waals surface area contributed by atoms with E-state index in [9.17, 15) is 28.2 Å². The molecule has 1 saturated heterocycles. The Labute approximate surface area is 195 Å². The highest BCUT2D eigenvalue weighted by molar-refractivity contribution is 7.88. The van der Waals surface area contributed by atoms with Gasteiger partial charge in [0, 0.05) is 23.1 Å². The Balaban J connectivity index is 2.19. The SMILES string of the molecule is [BH3-]P(=O)(OC[C@H]1O[C@@H](n2cc(C)c(=O)[nH]c2=O)C[C@H]1N=[N+]=[N-])OP(=O)(O)C(Cl)(Cl)P(=O)(O)O. The Kier molecular flexibility index (Phi) is 8.57. The van der Waals surface area contributed by atoms with Gasteiger partial charge in [-0.25, -0.2) is 4.79 Å². The monoisotopic (exact) mass is 570 g/mol. The predicted octanol–water partition coefficient (Wildman–Crippen LogP) is 0.770. The molecule has 33 heavy (non-hydrogen) atoms. The first-order valence-corrected chi connectivity index (χ1v) is 13.2. The number of aromatic amines is 1. The molecule has 1 aliphatic rings. The molecule has 1 fully saturated rings. The van der Waals surface area contributed by atoms with Crippen molar-refractivity contribution in [3.63, 3.8) is 0 Å². The standard InChI is InChI=1S/C11H18BCl2N5O11P3/c1-5-3-19(10(21)16-9(5)20)8-2-6(17-18-15)7(29-8)4-28-33(12,27)30-32(25,26)11(13,14)31(22,23)24/h3,6-8H,2,4H2,1,12H3,(H,25,26)(H,16,20,21)(H2,22,23,24)/q-1/t6-,7-,8-,33?/m1/s1. The van der Waals surface area contributed by atoms with Crippen molar-refractivity contribution in [1.82, 2.24) is 9.55 Å². The maximum Gasteiger partial charge on any atom is 0.381 e. The number of ether oxygens (including phenoxy) is 1. The average molecular weight is 571 g/mol. The van der Waals surface area contributed by atoms with Crippen molar-refractivity contribution in [2.24, 2.45) is 5.11 Å². The fourth-order valence-corrected chi connectivity index (χ4v) is 6.26. The van der Waals surface area contributed by atoms with Gasteiger partial charge in [-0.15, -0.1) is 0 Å². The molecule has 0 amide bonds. The van der Waals surface area contributed by atoms with Crippen LogP contribution in [0.25, 0.3) is 10.4 Å². The Morgan fingerprint density at radius 3 is 2.55 bits per heavy atom. The minimum Gasteiger partial charge on any atom is -0.352 e. The molecule has 2 rings (SSSR count). The van der Waals surface area contributed by atoms with Crippen LogP contribution in [0.1, 0.15) is 18.2 Å². The van der Waals surface area contributed by atoms with E-state index in [1.165, 1.54) is 13.1 Å². The number of rotatable bonds is 9. The summed E-state index contributed by atoms with van der Waals surface area (Å²) in [6, 6.07) is -0.935. The molecular formula is C11H18BCl2N5O11P3-. The molecule has 1 aromatic rings. The Hall–Kier alpha value is -0.915. The minimum absolute atomic E-state index is 0.0336. The molecule has 0 spiro atoms. The lowest BCUT2D eigenvalue weighted by atomic mass is 10.1. The zero-order chi connectivity index (χ0) is 25.4. The molecule has 5 atom stereocenters. The highest BCUT2D eigenvalue weighted by atomic mass is 35.5. The first-order valence-electron chi connectivity index (χ1n) is 8.18. The number of hydrogen-bond donors (Lipinski definition) is 4. The minimum atomic E-state index is -5.58. The van der Waals surface area contributed by atoms with E-state index in [1.54, 1.807) is 0 Å². The van der Waals surface area contributed by atoms with Crippen LogP contribution in [0.5, 0.6) is 0 Å². The normalized spacial score (nSPS) is 25.1. The molecule has 1 aromatic heterocycles. The van der Waals surface area contributed by atoms with Crippen molar-refractivity contribution in [2.75, 3.05) is 6.61 Å². The third-order valence-electron chi connectivity index (χ3n) is 4.07. The van der Waals surface area contributed by atoms with Crippen molar-refractivity contribution in [3.05, 3.63) is 43.0 Å². The summed E-state index contributed by atoms with van der Waals surface area (Å²) in [6.07, 6.45) is -0.900. The van der Waals surface area contributed by atoms with Gasteiger partial charge in [0.15, 0.2) is 7.47 Å². The molecule has 1 aliphatic heterocycles. The second-order valence-corrected chi connectivity index (χ2v) is 13.9. The third-order valence-corrected chi connectivity index (χ3v) is 11.4. The van der Waals surface area contributed by atoms with Gasteiger partial charge in [0.05, 0.1) is 26.3 Å². The predicted molar refractivity (Wildman–Crippen MR) is 118 cm³/mol. The van der Waals surface area contributed by atoms with Gasteiger partial charge in [-0.2, -0.15) is 0 Å². The van der Waals surface area contributed by atoms with Crippen LogP contribution in [0, 0.1) is 6.92 Å². The fraction of sp³-hybridized carbons (Fsp3) is 0.636. The van der Waals surface area contributed by atoms with Crippen LogP contribution >= 0.6 is 45.9 Å². The van der Waals surface area contributed by atoms with Crippen molar-refractivity contribution in [3.8, 4) is 0 Å². The van der Waals surface area contributed by atoms with Crippen molar-refractivity contribution < 1.29 is 41.9 Å². The molecule has 2 unspecified atom stereocenters. The molecule has 0 saturated carbocycles. The van der Waals surface area contributed by atoms with E-state index in [0.717, 1.165) is 4.57 Å². The molecule has 0 aromatic carbocycles. The lowest BCUT2D eigenvalue weighted by Gasteiger charge is -2.30. The van der Waals surface area contributed by atoms with Gasteiger partial charge in [-0.3, -0.25) is 27.8 Å². The zero-order valence-corrected chi connectivity index (χ0v) is 19.9. The summed E-state index contributed by atoms with van der Waals surface area (Å²) < 4.78 is 48.8. The fourth-order valence-electron chi connectivity index (χ4n) is 2.49. The largest absolute Gasteiger partial charge is 0.381 e. The quantitative estimate of drug-likeness (QED) is 0.0806. The molecule has 0 radical (unpaired) electrons. The Morgan fingerprint density at radius 2 is 2.00 bits per heavy atom. The van der Waals surface area contributed by atoms with Crippen molar-refractivity contribution >= 4 is 53.4 Å². The second-order valence-electron chi connectivity index (χ2n) is 6.29. The molecular weight excluding hydrogens is 553 g/mol.